The molecule has 10 heteroatoms. The third-order valence-electron chi connectivity index (χ3n) is 6.41. The summed E-state index contributed by atoms with van der Waals surface area (Å²) in [5, 5.41) is 11.9. The standard InChI is InChI=1S/C20H26F3N3O4/c1-10(14-7-11-2-3-12(14)6-11)25-16(28)9-26-17(20(21,22)23)13(4-5-27)8-15(18(24)29)19(26)30/h8,10-12,14,27H,2-7,9H2,1H3,(H2,24,29)(H,25,28)/t10-,11+,12+,14+/m1/s1. The van der Waals surface area contributed by atoms with Gasteiger partial charge in [0.25, 0.3) is 11.5 Å². The van der Waals surface area contributed by atoms with Crippen LogP contribution in [0.1, 0.15) is 54.2 Å². The zero-order valence-electron chi connectivity index (χ0n) is 16.7. The number of pyridine rings is 1. The Kier molecular flexibility index (Phi) is 6.26. The Morgan fingerprint density at radius 3 is 2.53 bits per heavy atom. The number of hydrogen-bond donors (Lipinski definition) is 3. The number of amides is 2. The molecule has 2 fully saturated rings. The third kappa shape index (κ3) is 4.38. The number of fused-ring (bicyclic) bond motifs is 2. The molecule has 4 atom stereocenters. The molecule has 3 rings (SSSR count). The fourth-order valence-electron chi connectivity index (χ4n) is 5.15. The number of carbonyl (C=O) groups excluding carboxylic acids is 2. The Morgan fingerprint density at radius 2 is 2.03 bits per heavy atom. The van der Waals surface area contributed by atoms with Gasteiger partial charge in [0.15, 0.2) is 0 Å². The molecule has 0 aromatic carbocycles. The Hall–Kier alpha value is -2.36. The summed E-state index contributed by atoms with van der Waals surface area (Å²) >= 11 is 0. The summed E-state index contributed by atoms with van der Waals surface area (Å²) in [7, 11) is 0. The van der Waals surface area contributed by atoms with Crippen molar-refractivity contribution < 1.29 is 27.9 Å². The number of alkyl halides is 3. The molecule has 2 saturated carbocycles. The van der Waals surface area contributed by atoms with Gasteiger partial charge in [-0.1, -0.05) is 6.42 Å². The lowest BCUT2D eigenvalue weighted by molar-refractivity contribution is -0.145. The number of carbonyl (C=O) groups is 2. The molecule has 0 spiro atoms. The summed E-state index contributed by atoms with van der Waals surface area (Å²) in [6, 6.07) is 0.518. The first kappa shape index (κ1) is 22.3. The SMILES string of the molecule is C[C@@H](NC(=O)Cn1c(C(F)(F)F)c(CCO)cc(C(N)=O)c1=O)[C@@H]1C[C@H]2CC[C@H]1C2. The number of aliphatic hydroxyl groups is 1. The first-order valence-corrected chi connectivity index (χ1v) is 10.1. The molecule has 1 aromatic heterocycles. The van der Waals surface area contributed by atoms with Crippen molar-refractivity contribution in [3.8, 4) is 0 Å². The van der Waals surface area contributed by atoms with Crippen molar-refractivity contribution in [1.29, 1.82) is 0 Å². The Labute approximate surface area is 171 Å². The van der Waals surface area contributed by atoms with Gasteiger partial charge in [-0.15, -0.1) is 0 Å². The zero-order valence-corrected chi connectivity index (χ0v) is 16.7. The number of nitrogens with two attached hydrogens (primary N) is 1. The van der Waals surface area contributed by atoms with E-state index < -0.39 is 59.9 Å². The van der Waals surface area contributed by atoms with Gasteiger partial charge in [-0.2, -0.15) is 13.2 Å². The third-order valence-corrected chi connectivity index (χ3v) is 6.41. The lowest BCUT2D eigenvalue weighted by atomic mass is 9.84. The second-order valence-electron chi connectivity index (χ2n) is 8.35. The van der Waals surface area contributed by atoms with E-state index in [1.54, 1.807) is 0 Å². The maximum atomic E-state index is 13.7. The molecular formula is C20H26F3N3O4. The van der Waals surface area contributed by atoms with Gasteiger partial charge in [0, 0.05) is 12.6 Å². The normalized spacial score (nSPS) is 24.1. The van der Waals surface area contributed by atoms with Crippen molar-refractivity contribution in [1.82, 2.24) is 9.88 Å². The topological polar surface area (TPSA) is 114 Å². The quantitative estimate of drug-likeness (QED) is 0.609. The second-order valence-corrected chi connectivity index (χ2v) is 8.35. The van der Waals surface area contributed by atoms with Crippen LogP contribution < -0.4 is 16.6 Å². The average molecular weight is 429 g/mol. The predicted molar refractivity (Wildman–Crippen MR) is 102 cm³/mol. The number of primary amides is 1. The maximum absolute atomic E-state index is 13.7. The minimum atomic E-state index is -4.96. The van der Waals surface area contributed by atoms with Gasteiger partial charge in [0.05, 0.1) is 0 Å². The van der Waals surface area contributed by atoms with Gasteiger partial charge in [0.2, 0.25) is 5.91 Å². The Balaban J connectivity index is 1.90. The van der Waals surface area contributed by atoms with E-state index in [4.69, 9.17) is 10.8 Å². The number of nitrogens with one attached hydrogen (secondary N) is 1. The summed E-state index contributed by atoms with van der Waals surface area (Å²) in [4.78, 5) is 36.7. The van der Waals surface area contributed by atoms with E-state index in [0.29, 0.717) is 11.8 Å². The van der Waals surface area contributed by atoms with Crippen LogP contribution in [0.15, 0.2) is 10.9 Å². The van der Waals surface area contributed by atoms with Crippen LogP contribution in [0.3, 0.4) is 0 Å². The molecule has 2 aliphatic carbocycles. The highest BCUT2D eigenvalue weighted by Gasteiger charge is 2.42. The summed E-state index contributed by atoms with van der Waals surface area (Å²) < 4.78 is 41.4. The molecule has 0 saturated heterocycles. The van der Waals surface area contributed by atoms with E-state index in [-0.39, 0.29) is 16.5 Å². The minimum Gasteiger partial charge on any atom is -0.396 e. The van der Waals surface area contributed by atoms with Gasteiger partial charge in [-0.25, -0.2) is 0 Å². The molecule has 30 heavy (non-hydrogen) atoms. The Morgan fingerprint density at radius 1 is 1.33 bits per heavy atom. The van der Waals surface area contributed by atoms with E-state index in [1.165, 1.54) is 6.42 Å². The fraction of sp³-hybridized carbons (Fsp3) is 0.650. The molecule has 1 aromatic rings. The first-order valence-electron chi connectivity index (χ1n) is 10.1. The lowest BCUT2D eigenvalue weighted by Gasteiger charge is -2.29. The summed E-state index contributed by atoms with van der Waals surface area (Å²) in [6.45, 7) is 0.305. The van der Waals surface area contributed by atoms with Crippen molar-refractivity contribution in [3.05, 3.63) is 33.2 Å². The fourth-order valence-corrected chi connectivity index (χ4v) is 5.15. The lowest BCUT2D eigenvalue weighted by Crippen LogP contribution is -2.44. The van der Waals surface area contributed by atoms with Crippen LogP contribution in [0, 0.1) is 17.8 Å². The molecule has 0 aliphatic heterocycles. The molecule has 2 bridgehead atoms. The first-order chi connectivity index (χ1) is 14.0. The highest BCUT2D eigenvalue weighted by molar-refractivity contribution is 5.92. The van der Waals surface area contributed by atoms with Crippen LogP contribution in [-0.4, -0.2) is 34.1 Å². The van der Waals surface area contributed by atoms with E-state index in [0.717, 1.165) is 25.3 Å². The molecule has 2 amide bonds. The van der Waals surface area contributed by atoms with Crippen LogP contribution in [0.2, 0.25) is 0 Å². The van der Waals surface area contributed by atoms with Gasteiger partial charge in [-0.3, -0.25) is 19.0 Å². The van der Waals surface area contributed by atoms with Crippen LogP contribution >= 0.6 is 0 Å². The highest BCUT2D eigenvalue weighted by atomic mass is 19.4. The Bertz CT molecular complexity index is 897. The van der Waals surface area contributed by atoms with Crippen molar-refractivity contribution >= 4 is 11.8 Å². The van der Waals surface area contributed by atoms with E-state index in [9.17, 15) is 27.6 Å². The minimum absolute atomic E-state index is 0.228. The highest BCUT2D eigenvalue weighted by Crippen LogP contribution is 2.49. The number of halogens is 3. The summed E-state index contributed by atoms with van der Waals surface area (Å²) in [6.07, 6.45) is -1.03. The molecule has 2 aliphatic rings. The number of hydrogen-bond acceptors (Lipinski definition) is 4. The molecule has 0 unspecified atom stereocenters. The molecular weight excluding hydrogens is 403 g/mol. The van der Waals surface area contributed by atoms with Crippen LogP contribution in [0.5, 0.6) is 0 Å². The van der Waals surface area contributed by atoms with E-state index in [2.05, 4.69) is 5.32 Å². The molecule has 0 radical (unpaired) electrons. The largest absolute Gasteiger partial charge is 0.431 e. The zero-order chi connectivity index (χ0) is 22.2. The second kappa shape index (κ2) is 8.41. The van der Waals surface area contributed by atoms with Crippen molar-refractivity contribution in [2.45, 2.75) is 57.8 Å². The smallest absolute Gasteiger partial charge is 0.396 e. The van der Waals surface area contributed by atoms with Gasteiger partial charge >= 0.3 is 6.18 Å². The number of rotatable bonds is 7. The van der Waals surface area contributed by atoms with Gasteiger partial charge < -0.3 is 16.2 Å². The van der Waals surface area contributed by atoms with Gasteiger partial charge in [0.1, 0.15) is 17.8 Å². The predicted octanol–water partition coefficient (Wildman–Crippen LogP) is 1.44. The van der Waals surface area contributed by atoms with Crippen molar-refractivity contribution in [2.24, 2.45) is 23.5 Å². The van der Waals surface area contributed by atoms with Crippen LogP contribution in [0.4, 0.5) is 13.2 Å². The average Bonchev–Trinajstić information content (AvgIpc) is 3.26. The molecule has 166 valence electrons. The molecule has 7 nitrogen and oxygen atoms in total. The molecule has 1 heterocycles. The van der Waals surface area contributed by atoms with Gasteiger partial charge in [-0.05, 0) is 62.0 Å². The van der Waals surface area contributed by atoms with E-state index >= 15 is 0 Å². The van der Waals surface area contributed by atoms with Crippen LogP contribution in [0.25, 0.3) is 0 Å². The molecule has 4 N–H and O–H groups in total. The van der Waals surface area contributed by atoms with E-state index in [1.807, 2.05) is 6.92 Å². The maximum Gasteiger partial charge on any atom is 0.431 e. The number of aliphatic hydroxyl groups excluding tert-OH is 1. The summed E-state index contributed by atoms with van der Waals surface area (Å²) in [5.74, 6) is -0.513. The van der Waals surface area contributed by atoms with Crippen molar-refractivity contribution in [3.63, 3.8) is 0 Å². The number of aromatic nitrogens is 1. The van der Waals surface area contributed by atoms with Crippen molar-refractivity contribution in [2.75, 3.05) is 6.61 Å². The monoisotopic (exact) mass is 429 g/mol. The summed E-state index contributed by atoms with van der Waals surface area (Å²) in [5.41, 5.74) is 1.39. The number of nitrogens with zero attached hydrogens (tertiary/aromatic N) is 1. The van der Waals surface area contributed by atoms with Crippen LogP contribution in [-0.2, 0) is 23.9 Å².